The highest BCUT2D eigenvalue weighted by atomic mass is 35.5. The van der Waals surface area contributed by atoms with Crippen molar-refractivity contribution in [2.45, 2.75) is 0 Å². The Morgan fingerprint density at radius 3 is 2.50 bits per heavy atom. The minimum Gasteiger partial charge on any atom is -0.619 e. The van der Waals surface area contributed by atoms with Crippen molar-refractivity contribution in [3.05, 3.63) is 53.0 Å². The standard InChI is InChI=1S/C12H10ClNO2/c1-16-12-8-10(13)2-3-11(12)9-4-6-14(15)7-5-9/h2-8H,1H3. The predicted octanol–water partition coefficient (Wildman–Crippen LogP) is 2.65. The van der Waals surface area contributed by atoms with E-state index in [2.05, 4.69) is 0 Å². The van der Waals surface area contributed by atoms with Gasteiger partial charge in [-0.05, 0) is 23.8 Å². The second-order valence-electron chi connectivity index (χ2n) is 3.29. The fraction of sp³-hybridized carbons (Fsp3) is 0.0833. The van der Waals surface area contributed by atoms with Crippen molar-refractivity contribution in [1.29, 1.82) is 0 Å². The van der Waals surface area contributed by atoms with Crippen LogP contribution < -0.4 is 9.47 Å². The topological polar surface area (TPSA) is 36.2 Å². The van der Waals surface area contributed by atoms with Crippen molar-refractivity contribution < 1.29 is 9.47 Å². The molecule has 0 spiro atoms. The van der Waals surface area contributed by atoms with E-state index in [1.807, 2.05) is 6.07 Å². The van der Waals surface area contributed by atoms with Crippen LogP contribution in [-0.4, -0.2) is 7.11 Å². The Kier molecular flexibility index (Phi) is 2.97. The molecule has 0 saturated carbocycles. The normalized spacial score (nSPS) is 10.1. The molecule has 16 heavy (non-hydrogen) atoms. The van der Waals surface area contributed by atoms with E-state index >= 15 is 0 Å². The van der Waals surface area contributed by atoms with Crippen LogP contribution in [0.4, 0.5) is 0 Å². The van der Waals surface area contributed by atoms with Crippen molar-refractivity contribution in [3.8, 4) is 16.9 Å². The molecule has 3 nitrogen and oxygen atoms in total. The zero-order chi connectivity index (χ0) is 11.5. The molecule has 1 heterocycles. The second kappa shape index (κ2) is 4.41. The number of benzene rings is 1. The number of nitrogens with zero attached hydrogens (tertiary/aromatic N) is 1. The van der Waals surface area contributed by atoms with Gasteiger partial charge in [-0.15, -0.1) is 0 Å². The summed E-state index contributed by atoms with van der Waals surface area (Å²) in [5.74, 6) is 0.691. The van der Waals surface area contributed by atoms with Crippen LogP contribution in [0.5, 0.6) is 5.75 Å². The number of rotatable bonds is 2. The third kappa shape index (κ3) is 2.09. The van der Waals surface area contributed by atoms with Gasteiger partial charge in [-0.3, -0.25) is 0 Å². The average molecular weight is 236 g/mol. The maximum atomic E-state index is 10.9. The smallest absolute Gasteiger partial charge is 0.180 e. The molecule has 0 saturated heterocycles. The molecule has 0 bridgehead atoms. The van der Waals surface area contributed by atoms with Gasteiger partial charge < -0.3 is 9.94 Å². The fourth-order valence-corrected chi connectivity index (χ4v) is 1.66. The van der Waals surface area contributed by atoms with Crippen molar-refractivity contribution in [3.63, 3.8) is 0 Å². The van der Waals surface area contributed by atoms with E-state index in [-0.39, 0.29) is 0 Å². The fourth-order valence-electron chi connectivity index (χ4n) is 1.50. The van der Waals surface area contributed by atoms with Gasteiger partial charge >= 0.3 is 0 Å². The average Bonchev–Trinajstić information content (AvgIpc) is 2.30. The molecule has 82 valence electrons. The molecule has 0 N–H and O–H groups in total. The lowest BCUT2D eigenvalue weighted by Crippen LogP contribution is -2.23. The summed E-state index contributed by atoms with van der Waals surface area (Å²) in [4.78, 5) is 0. The molecule has 0 atom stereocenters. The van der Waals surface area contributed by atoms with Gasteiger partial charge in [0.2, 0.25) is 0 Å². The highest BCUT2D eigenvalue weighted by Crippen LogP contribution is 2.31. The summed E-state index contributed by atoms with van der Waals surface area (Å²) in [6.45, 7) is 0. The van der Waals surface area contributed by atoms with Gasteiger partial charge in [0.25, 0.3) is 0 Å². The molecule has 1 aromatic carbocycles. The van der Waals surface area contributed by atoms with E-state index in [4.69, 9.17) is 16.3 Å². The molecule has 0 unspecified atom stereocenters. The van der Waals surface area contributed by atoms with Gasteiger partial charge in [0, 0.05) is 22.7 Å². The highest BCUT2D eigenvalue weighted by Gasteiger charge is 2.07. The number of halogens is 1. The van der Waals surface area contributed by atoms with Crippen molar-refractivity contribution in [2.24, 2.45) is 0 Å². The first-order valence-corrected chi connectivity index (χ1v) is 5.11. The first kappa shape index (κ1) is 10.8. The zero-order valence-electron chi connectivity index (χ0n) is 8.68. The van der Waals surface area contributed by atoms with E-state index in [1.54, 1.807) is 31.4 Å². The summed E-state index contributed by atoms with van der Waals surface area (Å²) in [6.07, 6.45) is 2.90. The van der Waals surface area contributed by atoms with Crippen LogP contribution in [0.3, 0.4) is 0 Å². The number of hydrogen-bond acceptors (Lipinski definition) is 2. The third-order valence-corrected chi connectivity index (χ3v) is 2.51. The first-order valence-electron chi connectivity index (χ1n) is 4.73. The lowest BCUT2D eigenvalue weighted by molar-refractivity contribution is -0.605. The van der Waals surface area contributed by atoms with Crippen LogP contribution in [0.25, 0.3) is 11.1 Å². The Bertz CT molecular complexity index is 497. The molecule has 2 rings (SSSR count). The van der Waals surface area contributed by atoms with E-state index in [0.29, 0.717) is 10.8 Å². The lowest BCUT2D eigenvalue weighted by atomic mass is 10.1. The van der Waals surface area contributed by atoms with E-state index < -0.39 is 0 Å². The molecule has 0 aliphatic rings. The molecule has 1 aromatic heterocycles. The maximum absolute atomic E-state index is 10.9. The van der Waals surface area contributed by atoms with Crippen molar-refractivity contribution >= 4 is 11.6 Å². The maximum Gasteiger partial charge on any atom is 0.180 e. The molecular formula is C12H10ClNO2. The minimum atomic E-state index is 0.621. The number of methoxy groups -OCH3 is 1. The van der Waals surface area contributed by atoms with Gasteiger partial charge in [-0.1, -0.05) is 11.6 Å². The summed E-state index contributed by atoms with van der Waals surface area (Å²) in [5.41, 5.74) is 1.83. The lowest BCUT2D eigenvalue weighted by Gasteiger charge is -2.08. The molecule has 0 aliphatic heterocycles. The second-order valence-corrected chi connectivity index (χ2v) is 3.73. The Balaban J connectivity index is 2.51. The predicted molar refractivity (Wildman–Crippen MR) is 62.4 cm³/mol. The minimum absolute atomic E-state index is 0.621. The van der Waals surface area contributed by atoms with Gasteiger partial charge in [-0.2, -0.15) is 4.73 Å². The molecule has 0 aliphatic carbocycles. The molecule has 2 aromatic rings. The number of hydrogen-bond donors (Lipinski definition) is 0. The van der Waals surface area contributed by atoms with Gasteiger partial charge in [0.15, 0.2) is 12.4 Å². The number of ether oxygens (including phenoxy) is 1. The van der Waals surface area contributed by atoms with Crippen LogP contribution >= 0.6 is 11.6 Å². The van der Waals surface area contributed by atoms with E-state index in [9.17, 15) is 5.21 Å². The zero-order valence-corrected chi connectivity index (χ0v) is 9.44. The van der Waals surface area contributed by atoms with Gasteiger partial charge in [0.1, 0.15) is 5.75 Å². The number of aromatic nitrogens is 1. The molecule has 0 amide bonds. The summed E-state index contributed by atoms with van der Waals surface area (Å²) < 4.78 is 5.98. The SMILES string of the molecule is COc1cc(Cl)ccc1-c1cc[n+]([O-])cc1. The van der Waals surface area contributed by atoms with Crippen molar-refractivity contribution in [2.75, 3.05) is 7.11 Å². The third-order valence-electron chi connectivity index (χ3n) is 2.28. The van der Waals surface area contributed by atoms with E-state index in [1.165, 1.54) is 12.4 Å². The summed E-state index contributed by atoms with van der Waals surface area (Å²) in [5, 5.41) is 11.5. The largest absolute Gasteiger partial charge is 0.619 e. The summed E-state index contributed by atoms with van der Waals surface area (Å²) >= 11 is 5.87. The van der Waals surface area contributed by atoms with Crippen LogP contribution in [0.1, 0.15) is 0 Å². The Hall–Kier alpha value is -1.74. The molecule has 4 heteroatoms. The van der Waals surface area contributed by atoms with Gasteiger partial charge in [-0.25, -0.2) is 0 Å². The van der Waals surface area contributed by atoms with Crippen LogP contribution in [-0.2, 0) is 0 Å². The summed E-state index contributed by atoms with van der Waals surface area (Å²) in [6, 6.07) is 8.87. The van der Waals surface area contributed by atoms with Gasteiger partial charge in [0.05, 0.1) is 7.11 Å². The van der Waals surface area contributed by atoms with E-state index in [0.717, 1.165) is 15.9 Å². The van der Waals surface area contributed by atoms with Crippen LogP contribution in [0, 0.1) is 5.21 Å². The van der Waals surface area contributed by atoms with Crippen LogP contribution in [0.15, 0.2) is 42.7 Å². The molecule has 0 radical (unpaired) electrons. The Morgan fingerprint density at radius 2 is 1.88 bits per heavy atom. The summed E-state index contributed by atoms with van der Waals surface area (Å²) in [7, 11) is 1.59. The number of pyridine rings is 1. The molecule has 0 fully saturated rings. The van der Waals surface area contributed by atoms with Crippen LogP contribution in [0.2, 0.25) is 5.02 Å². The molecular weight excluding hydrogens is 226 g/mol. The van der Waals surface area contributed by atoms with Crippen molar-refractivity contribution in [1.82, 2.24) is 0 Å². The quantitative estimate of drug-likeness (QED) is 0.593. The first-order chi connectivity index (χ1) is 7.70. The highest BCUT2D eigenvalue weighted by molar-refractivity contribution is 6.30. The monoisotopic (exact) mass is 235 g/mol. The Labute approximate surface area is 98.4 Å². The Morgan fingerprint density at radius 1 is 1.19 bits per heavy atom.